The lowest BCUT2D eigenvalue weighted by molar-refractivity contribution is 0.0944. The van der Waals surface area contributed by atoms with E-state index in [-0.39, 0.29) is 17.4 Å². The number of rotatable bonds is 11. The number of ether oxygens (including phenoxy) is 1. The summed E-state index contributed by atoms with van der Waals surface area (Å²) in [6.45, 7) is 6.11. The monoisotopic (exact) mass is 487 g/mol. The molecule has 4 aromatic rings. The van der Waals surface area contributed by atoms with Crippen molar-refractivity contribution >= 4 is 5.91 Å². The predicted molar refractivity (Wildman–Crippen MR) is 136 cm³/mol. The third-order valence-corrected chi connectivity index (χ3v) is 5.42. The molecule has 1 aromatic heterocycles. The van der Waals surface area contributed by atoms with Crippen LogP contribution in [-0.4, -0.2) is 22.3 Å². The van der Waals surface area contributed by atoms with Crippen LogP contribution in [0.4, 0.5) is 4.39 Å². The van der Waals surface area contributed by atoms with Crippen molar-refractivity contribution in [3.05, 3.63) is 114 Å². The van der Waals surface area contributed by atoms with Crippen LogP contribution in [0.25, 0.3) is 0 Å². The third-order valence-electron chi connectivity index (χ3n) is 5.42. The summed E-state index contributed by atoms with van der Waals surface area (Å²) in [5.41, 5.74) is 2.24. The van der Waals surface area contributed by atoms with Crippen LogP contribution in [0.1, 0.15) is 41.4 Å². The highest BCUT2D eigenvalue weighted by Gasteiger charge is 2.16. The summed E-state index contributed by atoms with van der Waals surface area (Å²) in [5, 5.41) is 2.85. The van der Waals surface area contributed by atoms with Crippen molar-refractivity contribution in [1.29, 1.82) is 0 Å². The minimum Gasteiger partial charge on any atom is -0.457 e. The van der Waals surface area contributed by atoms with Gasteiger partial charge >= 0.3 is 0 Å². The summed E-state index contributed by atoms with van der Waals surface area (Å²) in [6, 6.07) is 23.9. The summed E-state index contributed by atoms with van der Waals surface area (Å²) >= 11 is 0. The zero-order valence-corrected chi connectivity index (χ0v) is 20.5. The normalized spacial score (nSPS) is 11.1. The molecule has 0 spiro atoms. The van der Waals surface area contributed by atoms with Gasteiger partial charge in [0.2, 0.25) is 5.89 Å². The molecule has 1 heterocycles. The summed E-state index contributed by atoms with van der Waals surface area (Å²) in [6.07, 6.45) is 1.38. The van der Waals surface area contributed by atoms with Crippen LogP contribution in [0.3, 0.4) is 0 Å². The highest BCUT2D eigenvalue weighted by molar-refractivity contribution is 5.91. The minimum absolute atomic E-state index is 0.255. The van der Waals surface area contributed by atoms with Crippen molar-refractivity contribution in [1.82, 2.24) is 15.2 Å². The Hall–Kier alpha value is -3.97. The molecular weight excluding hydrogens is 457 g/mol. The lowest BCUT2D eigenvalue weighted by Crippen LogP contribution is -2.27. The van der Waals surface area contributed by atoms with E-state index in [0.717, 1.165) is 22.6 Å². The largest absolute Gasteiger partial charge is 0.457 e. The van der Waals surface area contributed by atoms with Crippen molar-refractivity contribution in [2.75, 3.05) is 6.54 Å². The molecule has 1 amide bonds. The van der Waals surface area contributed by atoms with Gasteiger partial charge in [0, 0.05) is 19.6 Å². The molecule has 6 nitrogen and oxygen atoms in total. The van der Waals surface area contributed by atoms with Crippen LogP contribution >= 0.6 is 0 Å². The number of benzene rings is 3. The predicted octanol–water partition coefficient (Wildman–Crippen LogP) is 6.19. The van der Waals surface area contributed by atoms with Crippen molar-refractivity contribution in [2.45, 2.75) is 33.5 Å². The minimum atomic E-state index is -0.277. The molecule has 186 valence electrons. The lowest BCUT2D eigenvalue weighted by Gasteiger charge is -2.21. The van der Waals surface area contributed by atoms with Crippen LogP contribution in [0.15, 0.2) is 89.5 Å². The molecule has 0 unspecified atom stereocenters. The second-order valence-electron chi connectivity index (χ2n) is 9.06. The summed E-state index contributed by atoms with van der Waals surface area (Å²) in [5.74, 6) is 1.74. The van der Waals surface area contributed by atoms with Crippen LogP contribution in [0, 0.1) is 11.7 Å². The number of hydrogen-bond acceptors (Lipinski definition) is 5. The Kier molecular flexibility index (Phi) is 8.47. The molecule has 0 saturated heterocycles. The highest BCUT2D eigenvalue weighted by atomic mass is 19.1. The number of amides is 1. The van der Waals surface area contributed by atoms with Gasteiger partial charge in [-0.3, -0.25) is 9.69 Å². The standard InChI is InChI=1S/C29H30FN3O3/c1-21(2)16-31-29(34)27-20-35-28(32-27)19-33(17-22-11-13-24(30)14-12-22)18-23-7-6-10-26(15-23)36-25-8-4-3-5-9-25/h3-15,20-21H,16-19H2,1-2H3,(H,31,34). The van der Waals surface area contributed by atoms with Crippen molar-refractivity contribution in [3.63, 3.8) is 0 Å². The smallest absolute Gasteiger partial charge is 0.273 e. The van der Waals surface area contributed by atoms with Gasteiger partial charge in [-0.1, -0.05) is 56.3 Å². The van der Waals surface area contributed by atoms with E-state index in [2.05, 4.69) is 15.2 Å². The van der Waals surface area contributed by atoms with E-state index >= 15 is 0 Å². The molecule has 3 aromatic carbocycles. The quantitative estimate of drug-likeness (QED) is 0.273. The van der Waals surface area contributed by atoms with Crippen LogP contribution in [-0.2, 0) is 19.6 Å². The van der Waals surface area contributed by atoms with Gasteiger partial charge < -0.3 is 14.5 Å². The first-order valence-electron chi connectivity index (χ1n) is 12.0. The number of hydrogen-bond donors (Lipinski definition) is 1. The first kappa shape index (κ1) is 25.1. The van der Waals surface area contributed by atoms with Gasteiger partial charge in [0.15, 0.2) is 5.69 Å². The first-order chi connectivity index (χ1) is 17.4. The van der Waals surface area contributed by atoms with Crippen LogP contribution in [0.5, 0.6) is 11.5 Å². The number of carbonyl (C=O) groups is 1. The Morgan fingerprint density at radius 1 is 0.944 bits per heavy atom. The van der Waals surface area contributed by atoms with E-state index in [0.29, 0.717) is 38.0 Å². The molecule has 0 radical (unpaired) electrons. The van der Waals surface area contributed by atoms with Gasteiger partial charge in [-0.25, -0.2) is 9.37 Å². The molecular formula is C29H30FN3O3. The van der Waals surface area contributed by atoms with Gasteiger partial charge in [-0.15, -0.1) is 0 Å². The molecule has 4 rings (SSSR count). The molecule has 0 aliphatic heterocycles. The fraction of sp³-hybridized carbons (Fsp3) is 0.241. The molecule has 0 saturated carbocycles. The Labute approximate surface area is 210 Å². The van der Waals surface area contributed by atoms with Gasteiger partial charge in [0.1, 0.15) is 23.6 Å². The maximum Gasteiger partial charge on any atom is 0.273 e. The number of para-hydroxylation sites is 1. The zero-order valence-electron chi connectivity index (χ0n) is 20.5. The Morgan fingerprint density at radius 3 is 2.42 bits per heavy atom. The van der Waals surface area contributed by atoms with Gasteiger partial charge in [0.25, 0.3) is 5.91 Å². The molecule has 0 atom stereocenters. The first-order valence-corrected chi connectivity index (χ1v) is 12.0. The van der Waals surface area contributed by atoms with Gasteiger partial charge in [-0.2, -0.15) is 0 Å². The molecule has 36 heavy (non-hydrogen) atoms. The second kappa shape index (κ2) is 12.1. The number of halogens is 1. The van der Waals surface area contributed by atoms with E-state index in [9.17, 15) is 9.18 Å². The number of nitrogens with one attached hydrogen (secondary N) is 1. The molecule has 0 fully saturated rings. The van der Waals surface area contributed by atoms with Gasteiger partial charge in [-0.05, 0) is 53.4 Å². The molecule has 0 bridgehead atoms. The summed E-state index contributed by atoms with van der Waals surface area (Å²) < 4.78 is 25.0. The van der Waals surface area contributed by atoms with E-state index in [1.54, 1.807) is 12.1 Å². The average Bonchev–Trinajstić information content (AvgIpc) is 3.33. The fourth-order valence-electron chi connectivity index (χ4n) is 3.67. The Balaban J connectivity index is 1.49. The number of nitrogens with zero attached hydrogens (tertiary/aromatic N) is 2. The lowest BCUT2D eigenvalue weighted by atomic mass is 10.1. The summed E-state index contributed by atoms with van der Waals surface area (Å²) in [7, 11) is 0. The Bertz CT molecular complexity index is 1260. The van der Waals surface area contributed by atoms with E-state index in [4.69, 9.17) is 9.15 Å². The maximum absolute atomic E-state index is 13.4. The topological polar surface area (TPSA) is 67.6 Å². The summed E-state index contributed by atoms with van der Waals surface area (Å²) in [4.78, 5) is 18.9. The van der Waals surface area contributed by atoms with Crippen molar-refractivity contribution in [3.8, 4) is 11.5 Å². The van der Waals surface area contributed by atoms with Crippen LogP contribution in [0.2, 0.25) is 0 Å². The van der Waals surface area contributed by atoms with E-state index in [1.165, 1.54) is 18.4 Å². The molecule has 0 aliphatic rings. The molecule has 7 heteroatoms. The third kappa shape index (κ3) is 7.52. The van der Waals surface area contributed by atoms with E-state index < -0.39 is 0 Å². The second-order valence-corrected chi connectivity index (χ2v) is 9.06. The number of carbonyl (C=O) groups excluding carboxylic acids is 1. The fourth-order valence-corrected chi connectivity index (χ4v) is 3.67. The number of aromatic nitrogens is 1. The SMILES string of the molecule is CC(C)CNC(=O)c1coc(CN(Cc2ccc(F)cc2)Cc2cccc(Oc3ccccc3)c2)n1. The van der Waals surface area contributed by atoms with Gasteiger partial charge in [0.05, 0.1) is 6.54 Å². The average molecular weight is 488 g/mol. The zero-order chi connectivity index (χ0) is 25.3. The number of oxazole rings is 1. The Morgan fingerprint density at radius 2 is 1.67 bits per heavy atom. The van der Waals surface area contributed by atoms with Crippen molar-refractivity contribution < 1.29 is 18.3 Å². The maximum atomic E-state index is 13.4. The van der Waals surface area contributed by atoms with E-state index in [1.807, 2.05) is 68.4 Å². The van der Waals surface area contributed by atoms with Crippen LogP contribution < -0.4 is 10.1 Å². The highest BCUT2D eigenvalue weighted by Crippen LogP contribution is 2.23. The molecule has 0 aliphatic carbocycles. The molecule has 1 N–H and O–H groups in total. The van der Waals surface area contributed by atoms with Crippen molar-refractivity contribution in [2.24, 2.45) is 5.92 Å².